The first-order valence-corrected chi connectivity index (χ1v) is 9.33. The first-order valence-electron chi connectivity index (χ1n) is 9.33. The second-order valence-electron chi connectivity index (χ2n) is 7.67. The highest BCUT2D eigenvalue weighted by Gasteiger charge is 2.35. The average molecular weight is 333 g/mol. The topological polar surface area (TPSA) is 50.7 Å². The van der Waals surface area contributed by atoms with Gasteiger partial charge in [-0.25, -0.2) is 4.98 Å². The van der Waals surface area contributed by atoms with Gasteiger partial charge in [0.05, 0.1) is 17.5 Å². The molecular weight excluding hydrogens is 310 g/mol. The quantitative estimate of drug-likeness (QED) is 0.765. The lowest BCUT2D eigenvalue weighted by Gasteiger charge is -2.27. The third-order valence-corrected chi connectivity index (χ3v) is 6.20. The number of aromatic amines is 1. The van der Waals surface area contributed by atoms with Gasteiger partial charge in [-0.1, -0.05) is 18.2 Å². The molecule has 4 heteroatoms. The summed E-state index contributed by atoms with van der Waals surface area (Å²) in [5, 5.41) is 1.17. The fraction of sp³-hybridized carbons (Fsp3) is 0.429. The number of carbonyl (C=O) groups excluding carboxylic acids is 1. The lowest BCUT2D eigenvalue weighted by Crippen LogP contribution is -2.26. The van der Waals surface area contributed by atoms with Gasteiger partial charge in [0.1, 0.15) is 0 Å². The lowest BCUT2D eigenvalue weighted by atomic mass is 9.82. The monoisotopic (exact) mass is 333 g/mol. The number of para-hydroxylation sites is 1. The molecule has 1 aromatic carbocycles. The Balaban J connectivity index is 1.64. The Kier molecular flexibility index (Phi) is 3.18. The number of H-pyrrole nitrogens is 1. The smallest absolute Gasteiger partial charge is 0.168 e. The molecule has 128 valence electrons. The molecule has 25 heavy (non-hydrogen) atoms. The molecule has 0 radical (unpaired) electrons. The molecule has 5 rings (SSSR count). The van der Waals surface area contributed by atoms with Gasteiger partial charge in [-0.2, -0.15) is 0 Å². The van der Waals surface area contributed by atoms with Crippen LogP contribution in [-0.2, 0) is 19.3 Å². The molecule has 1 aliphatic carbocycles. The molecule has 0 bridgehead atoms. The Labute approximate surface area is 147 Å². The second-order valence-corrected chi connectivity index (χ2v) is 7.67. The maximum Gasteiger partial charge on any atom is 0.168 e. The van der Waals surface area contributed by atoms with Crippen LogP contribution in [0.15, 0.2) is 24.5 Å². The van der Waals surface area contributed by atoms with Crippen molar-refractivity contribution in [3.63, 3.8) is 0 Å². The van der Waals surface area contributed by atoms with Gasteiger partial charge in [0.25, 0.3) is 0 Å². The van der Waals surface area contributed by atoms with Crippen LogP contribution in [0.4, 0.5) is 0 Å². The summed E-state index contributed by atoms with van der Waals surface area (Å²) in [6.07, 6.45) is 6.67. The highest BCUT2D eigenvalue weighted by Crippen LogP contribution is 2.41. The van der Waals surface area contributed by atoms with E-state index in [1.165, 1.54) is 22.2 Å². The van der Waals surface area contributed by atoms with Crippen LogP contribution < -0.4 is 0 Å². The molecule has 4 nitrogen and oxygen atoms in total. The summed E-state index contributed by atoms with van der Waals surface area (Å²) < 4.78 is 2.47. The molecule has 3 heterocycles. The number of hydrogen-bond acceptors (Lipinski definition) is 2. The molecule has 0 fully saturated rings. The fourth-order valence-corrected chi connectivity index (χ4v) is 4.86. The molecule has 0 amide bonds. The number of fused-ring (bicyclic) bond motifs is 3. The number of imidazole rings is 1. The van der Waals surface area contributed by atoms with E-state index in [9.17, 15) is 4.79 Å². The van der Waals surface area contributed by atoms with E-state index in [0.717, 1.165) is 49.1 Å². The number of rotatable bonds is 2. The summed E-state index contributed by atoms with van der Waals surface area (Å²) in [7, 11) is 0. The third-order valence-electron chi connectivity index (χ3n) is 6.20. The Bertz CT molecular complexity index is 994. The van der Waals surface area contributed by atoms with Gasteiger partial charge in [0, 0.05) is 40.7 Å². The predicted molar refractivity (Wildman–Crippen MR) is 98.1 cm³/mol. The minimum Gasteiger partial charge on any atom is -0.348 e. The van der Waals surface area contributed by atoms with E-state index in [4.69, 9.17) is 0 Å². The molecule has 0 saturated heterocycles. The first kappa shape index (κ1) is 14.9. The summed E-state index contributed by atoms with van der Waals surface area (Å²) >= 11 is 0. The highest BCUT2D eigenvalue weighted by atomic mass is 16.1. The number of benzene rings is 1. The van der Waals surface area contributed by atoms with E-state index in [-0.39, 0.29) is 5.92 Å². The Morgan fingerprint density at radius 1 is 1.28 bits per heavy atom. The summed E-state index contributed by atoms with van der Waals surface area (Å²) in [6.45, 7) is 4.32. The van der Waals surface area contributed by atoms with Crippen LogP contribution in [-0.4, -0.2) is 20.3 Å². The normalized spacial score (nSPS) is 22.4. The molecule has 0 saturated carbocycles. The van der Waals surface area contributed by atoms with Crippen LogP contribution in [0.5, 0.6) is 0 Å². The van der Waals surface area contributed by atoms with E-state index >= 15 is 0 Å². The zero-order valence-corrected chi connectivity index (χ0v) is 14.8. The number of carbonyl (C=O) groups is 1. The molecule has 0 spiro atoms. The van der Waals surface area contributed by atoms with E-state index in [1.807, 2.05) is 6.92 Å². The van der Waals surface area contributed by atoms with Gasteiger partial charge in [-0.15, -0.1) is 0 Å². The van der Waals surface area contributed by atoms with E-state index in [1.54, 1.807) is 6.33 Å². The molecule has 3 aromatic rings. The number of nitrogens with zero attached hydrogens (tertiary/aromatic N) is 2. The van der Waals surface area contributed by atoms with Crippen LogP contribution >= 0.6 is 0 Å². The number of ketones is 1. The van der Waals surface area contributed by atoms with Crippen molar-refractivity contribution in [2.75, 3.05) is 0 Å². The van der Waals surface area contributed by atoms with Gasteiger partial charge in [-0.05, 0) is 45.1 Å². The second kappa shape index (κ2) is 5.32. The standard InChI is InChI=1S/C21H23N3O/c1-12-6-7-14-4-3-5-16-19-18(24(12)20(14)16)9-8-15(21(19)25)10-17-13(2)22-11-23-17/h3-5,11-12,15H,6-10H2,1-2H3,(H,22,23). The summed E-state index contributed by atoms with van der Waals surface area (Å²) in [5.41, 5.74) is 7.09. The van der Waals surface area contributed by atoms with Gasteiger partial charge in [0.2, 0.25) is 0 Å². The SMILES string of the molecule is Cc1[nH]cnc1CC1CCc2c(c3cccc4c3n2C(C)CC4)C1=O. The van der Waals surface area contributed by atoms with Crippen LogP contribution in [0.25, 0.3) is 10.9 Å². The molecule has 1 aliphatic heterocycles. The highest BCUT2D eigenvalue weighted by molar-refractivity contribution is 6.12. The van der Waals surface area contributed by atoms with Crippen LogP contribution in [0.3, 0.4) is 0 Å². The first-order chi connectivity index (χ1) is 12.1. The number of nitrogens with one attached hydrogen (secondary N) is 1. The van der Waals surface area contributed by atoms with E-state index in [0.29, 0.717) is 11.8 Å². The van der Waals surface area contributed by atoms with Gasteiger partial charge >= 0.3 is 0 Å². The average Bonchev–Trinajstić information content (AvgIpc) is 3.17. The fourth-order valence-electron chi connectivity index (χ4n) is 4.86. The van der Waals surface area contributed by atoms with Crippen molar-refractivity contribution in [1.82, 2.24) is 14.5 Å². The maximum absolute atomic E-state index is 13.4. The summed E-state index contributed by atoms with van der Waals surface area (Å²) in [5.74, 6) is 0.368. The zero-order chi connectivity index (χ0) is 17.1. The van der Waals surface area contributed by atoms with Crippen molar-refractivity contribution < 1.29 is 4.79 Å². The molecule has 1 N–H and O–H groups in total. The Morgan fingerprint density at radius 3 is 2.96 bits per heavy atom. The number of aryl methyl sites for hydroxylation is 2. The molecule has 2 aliphatic rings. The van der Waals surface area contributed by atoms with Crippen LogP contribution in [0, 0.1) is 12.8 Å². The van der Waals surface area contributed by atoms with Crippen molar-refractivity contribution in [1.29, 1.82) is 0 Å². The minimum atomic E-state index is 0.0493. The Morgan fingerprint density at radius 2 is 2.16 bits per heavy atom. The van der Waals surface area contributed by atoms with Crippen LogP contribution in [0.1, 0.15) is 58.8 Å². The van der Waals surface area contributed by atoms with Crippen LogP contribution in [0.2, 0.25) is 0 Å². The lowest BCUT2D eigenvalue weighted by molar-refractivity contribution is 0.0901. The van der Waals surface area contributed by atoms with Crippen molar-refractivity contribution in [2.45, 2.75) is 52.0 Å². The minimum absolute atomic E-state index is 0.0493. The number of Topliss-reactive ketones (excluding diaryl/α,β-unsaturated/α-hetero) is 1. The predicted octanol–water partition coefficient (Wildman–Crippen LogP) is 4.17. The maximum atomic E-state index is 13.4. The van der Waals surface area contributed by atoms with E-state index < -0.39 is 0 Å². The third kappa shape index (κ3) is 2.06. The van der Waals surface area contributed by atoms with Crippen molar-refractivity contribution in [2.24, 2.45) is 5.92 Å². The molecule has 2 atom stereocenters. The van der Waals surface area contributed by atoms with E-state index in [2.05, 4.69) is 39.7 Å². The van der Waals surface area contributed by atoms with Crippen molar-refractivity contribution >= 4 is 16.7 Å². The molecular formula is C21H23N3O. The van der Waals surface area contributed by atoms with Gasteiger partial charge < -0.3 is 9.55 Å². The Hall–Kier alpha value is -2.36. The number of aromatic nitrogens is 3. The zero-order valence-electron chi connectivity index (χ0n) is 14.8. The summed E-state index contributed by atoms with van der Waals surface area (Å²) in [4.78, 5) is 20.9. The van der Waals surface area contributed by atoms with Crippen molar-refractivity contribution in [3.8, 4) is 0 Å². The van der Waals surface area contributed by atoms with Gasteiger partial charge in [-0.3, -0.25) is 4.79 Å². The molecule has 2 aromatic heterocycles. The summed E-state index contributed by atoms with van der Waals surface area (Å²) in [6, 6.07) is 6.98. The number of hydrogen-bond donors (Lipinski definition) is 1. The van der Waals surface area contributed by atoms with Crippen molar-refractivity contribution in [3.05, 3.63) is 52.7 Å². The molecule has 2 unspecified atom stereocenters. The van der Waals surface area contributed by atoms with Gasteiger partial charge in [0.15, 0.2) is 5.78 Å². The largest absolute Gasteiger partial charge is 0.348 e.